The van der Waals surface area contributed by atoms with Gasteiger partial charge in [-0.15, -0.1) is 0 Å². The molecule has 5 heteroatoms. The second-order valence-electron chi connectivity index (χ2n) is 14.5. The standard InChI is InChI=1S/C45H33N3O2/c1-44(2)34-23-27(21-22-28(34)32-25-39-33(24-35(32)45(44,3)4)29-15-8-10-18-36(29)50-39)42-46-41(26-13-6-5-7-14-26)47-43(48-42)31-17-12-20-38-40(31)30-16-9-11-19-37(30)49-38/h5-25H,1-4H3. The molecule has 9 aromatic rings. The van der Waals surface area contributed by atoms with Crippen molar-refractivity contribution in [2.45, 2.75) is 38.5 Å². The van der Waals surface area contributed by atoms with Gasteiger partial charge in [0.2, 0.25) is 0 Å². The highest BCUT2D eigenvalue weighted by Crippen LogP contribution is 2.55. The van der Waals surface area contributed by atoms with Crippen LogP contribution in [0.1, 0.15) is 38.8 Å². The number of rotatable bonds is 3. The van der Waals surface area contributed by atoms with Gasteiger partial charge in [0.1, 0.15) is 22.3 Å². The van der Waals surface area contributed by atoms with E-state index < -0.39 is 0 Å². The van der Waals surface area contributed by atoms with Crippen molar-refractivity contribution in [2.75, 3.05) is 0 Å². The number of furan rings is 2. The number of benzene rings is 6. The summed E-state index contributed by atoms with van der Waals surface area (Å²) >= 11 is 0. The maximum atomic E-state index is 6.37. The number of aromatic nitrogens is 3. The van der Waals surface area contributed by atoms with Crippen LogP contribution in [0.5, 0.6) is 0 Å². The third kappa shape index (κ3) is 4.04. The fourth-order valence-electron chi connectivity index (χ4n) is 7.92. The largest absolute Gasteiger partial charge is 0.456 e. The summed E-state index contributed by atoms with van der Waals surface area (Å²) in [6.45, 7) is 9.43. The van der Waals surface area contributed by atoms with Crippen molar-refractivity contribution in [1.29, 1.82) is 0 Å². The lowest BCUT2D eigenvalue weighted by atomic mass is 9.55. The molecule has 0 amide bonds. The number of hydrogen-bond acceptors (Lipinski definition) is 5. The van der Waals surface area contributed by atoms with E-state index in [0.29, 0.717) is 17.5 Å². The molecule has 0 fully saturated rings. The molecule has 0 atom stereocenters. The molecular formula is C45H33N3O2. The molecule has 0 N–H and O–H groups in total. The van der Waals surface area contributed by atoms with E-state index in [1.807, 2.05) is 72.8 Å². The molecule has 3 aromatic heterocycles. The molecule has 1 aliphatic carbocycles. The van der Waals surface area contributed by atoms with Crippen molar-refractivity contribution in [3.05, 3.63) is 139 Å². The predicted octanol–water partition coefficient (Wildman–Crippen LogP) is 11.9. The summed E-state index contributed by atoms with van der Waals surface area (Å²) < 4.78 is 12.6. The van der Waals surface area contributed by atoms with E-state index in [1.165, 1.54) is 22.3 Å². The van der Waals surface area contributed by atoms with Crippen molar-refractivity contribution in [2.24, 2.45) is 0 Å². The average Bonchev–Trinajstić information content (AvgIpc) is 3.72. The summed E-state index contributed by atoms with van der Waals surface area (Å²) in [6.07, 6.45) is 0. The lowest BCUT2D eigenvalue weighted by Crippen LogP contribution is -2.43. The summed E-state index contributed by atoms with van der Waals surface area (Å²) in [4.78, 5) is 15.4. The van der Waals surface area contributed by atoms with Gasteiger partial charge < -0.3 is 8.83 Å². The zero-order chi connectivity index (χ0) is 33.8. The van der Waals surface area contributed by atoms with Gasteiger partial charge in [-0.2, -0.15) is 0 Å². The fourth-order valence-corrected chi connectivity index (χ4v) is 7.92. The first-order chi connectivity index (χ1) is 24.3. The van der Waals surface area contributed by atoms with E-state index in [9.17, 15) is 0 Å². The Bertz CT molecular complexity index is 2820. The highest BCUT2D eigenvalue weighted by molar-refractivity contribution is 6.12. The van der Waals surface area contributed by atoms with Gasteiger partial charge in [-0.05, 0) is 69.5 Å². The van der Waals surface area contributed by atoms with Crippen LogP contribution < -0.4 is 0 Å². The Morgan fingerprint density at radius 1 is 0.400 bits per heavy atom. The molecule has 0 saturated carbocycles. The molecular weight excluding hydrogens is 615 g/mol. The molecule has 3 heterocycles. The van der Waals surface area contributed by atoms with E-state index in [2.05, 4.69) is 82.3 Å². The molecule has 0 unspecified atom stereocenters. The molecule has 0 radical (unpaired) electrons. The quantitative estimate of drug-likeness (QED) is 0.191. The van der Waals surface area contributed by atoms with Crippen LogP contribution in [0.25, 0.3) is 89.2 Å². The van der Waals surface area contributed by atoms with Crippen LogP contribution in [0, 0.1) is 0 Å². The normalized spacial score (nSPS) is 14.7. The zero-order valence-electron chi connectivity index (χ0n) is 28.3. The van der Waals surface area contributed by atoms with Crippen molar-refractivity contribution in [1.82, 2.24) is 15.0 Å². The monoisotopic (exact) mass is 647 g/mol. The van der Waals surface area contributed by atoms with Gasteiger partial charge in [0.15, 0.2) is 17.5 Å². The molecule has 1 aliphatic rings. The van der Waals surface area contributed by atoms with Crippen LogP contribution in [0.3, 0.4) is 0 Å². The predicted molar refractivity (Wildman–Crippen MR) is 202 cm³/mol. The third-order valence-corrected chi connectivity index (χ3v) is 11.3. The summed E-state index contributed by atoms with van der Waals surface area (Å²) in [5.41, 5.74) is 10.9. The second kappa shape index (κ2) is 10.2. The number of nitrogens with zero attached hydrogens (tertiary/aromatic N) is 3. The van der Waals surface area contributed by atoms with Crippen molar-refractivity contribution in [3.63, 3.8) is 0 Å². The van der Waals surface area contributed by atoms with E-state index in [1.54, 1.807) is 0 Å². The maximum Gasteiger partial charge on any atom is 0.164 e. The number of para-hydroxylation sites is 2. The maximum absolute atomic E-state index is 6.37. The molecule has 0 bridgehead atoms. The highest BCUT2D eigenvalue weighted by atomic mass is 16.3. The first-order valence-corrected chi connectivity index (χ1v) is 17.1. The zero-order valence-corrected chi connectivity index (χ0v) is 28.3. The van der Waals surface area contributed by atoms with Gasteiger partial charge in [0.05, 0.1) is 0 Å². The lowest BCUT2D eigenvalue weighted by molar-refractivity contribution is 0.299. The van der Waals surface area contributed by atoms with Crippen LogP contribution in [0.4, 0.5) is 0 Å². The Balaban J connectivity index is 1.20. The molecule has 50 heavy (non-hydrogen) atoms. The highest BCUT2D eigenvalue weighted by Gasteiger charge is 2.46. The smallest absolute Gasteiger partial charge is 0.164 e. The molecule has 240 valence electrons. The minimum atomic E-state index is -0.210. The first-order valence-electron chi connectivity index (χ1n) is 17.1. The van der Waals surface area contributed by atoms with Crippen LogP contribution in [0.2, 0.25) is 0 Å². The molecule has 0 saturated heterocycles. The van der Waals surface area contributed by atoms with Gasteiger partial charge >= 0.3 is 0 Å². The average molecular weight is 648 g/mol. The Kier molecular flexibility index (Phi) is 5.91. The number of fused-ring (bicyclic) bond motifs is 9. The van der Waals surface area contributed by atoms with Gasteiger partial charge in [-0.1, -0.05) is 119 Å². The summed E-state index contributed by atoms with van der Waals surface area (Å²) in [7, 11) is 0. The van der Waals surface area contributed by atoms with Crippen LogP contribution >= 0.6 is 0 Å². The molecule has 5 nitrogen and oxygen atoms in total. The van der Waals surface area contributed by atoms with E-state index in [0.717, 1.165) is 60.6 Å². The third-order valence-electron chi connectivity index (χ3n) is 11.3. The molecule has 6 aromatic carbocycles. The Morgan fingerprint density at radius 3 is 1.78 bits per heavy atom. The van der Waals surface area contributed by atoms with Crippen molar-refractivity contribution >= 4 is 43.9 Å². The molecule has 0 spiro atoms. The Morgan fingerprint density at radius 2 is 1.00 bits per heavy atom. The SMILES string of the molecule is CC1(C)c2cc(-c3nc(-c4ccccc4)nc(-c4cccc5oc6ccccc6c45)n3)ccc2-c2cc3oc4ccccc4c3cc2C1(C)C. The van der Waals surface area contributed by atoms with Crippen molar-refractivity contribution in [3.8, 4) is 45.3 Å². The van der Waals surface area contributed by atoms with Crippen molar-refractivity contribution < 1.29 is 8.83 Å². The molecule has 10 rings (SSSR count). The van der Waals surface area contributed by atoms with Crippen LogP contribution in [0.15, 0.2) is 136 Å². The van der Waals surface area contributed by atoms with E-state index >= 15 is 0 Å². The minimum Gasteiger partial charge on any atom is -0.456 e. The lowest BCUT2D eigenvalue weighted by Gasteiger charge is -2.48. The van der Waals surface area contributed by atoms with Crippen LogP contribution in [-0.4, -0.2) is 15.0 Å². The van der Waals surface area contributed by atoms with Gasteiger partial charge in [-0.3, -0.25) is 0 Å². The summed E-state index contributed by atoms with van der Waals surface area (Å²) in [6, 6.07) is 43.9. The Hall–Kier alpha value is -6.07. The van der Waals surface area contributed by atoms with Gasteiger partial charge in [0.25, 0.3) is 0 Å². The topological polar surface area (TPSA) is 65.0 Å². The Labute approximate surface area is 289 Å². The van der Waals surface area contributed by atoms with Crippen LogP contribution in [-0.2, 0) is 10.8 Å². The van der Waals surface area contributed by atoms with E-state index in [-0.39, 0.29) is 10.8 Å². The minimum absolute atomic E-state index is 0.183. The summed E-state index contributed by atoms with van der Waals surface area (Å²) in [5.74, 6) is 1.87. The first kappa shape index (κ1) is 28.9. The van der Waals surface area contributed by atoms with Gasteiger partial charge in [-0.25, -0.2) is 15.0 Å². The number of hydrogen-bond donors (Lipinski definition) is 0. The second-order valence-corrected chi connectivity index (χ2v) is 14.5. The molecule has 0 aliphatic heterocycles. The van der Waals surface area contributed by atoms with Gasteiger partial charge in [0, 0.05) is 38.2 Å². The van der Waals surface area contributed by atoms with E-state index in [4.69, 9.17) is 23.8 Å². The fraction of sp³-hybridized carbons (Fsp3) is 0.133. The summed E-state index contributed by atoms with van der Waals surface area (Å²) in [5, 5.41) is 4.35.